The van der Waals surface area contributed by atoms with Crippen LogP contribution in [0, 0.1) is 0 Å². The van der Waals surface area contributed by atoms with Gasteiger partial charge >= 0.3 is 0 Å². The molecule has 1 aliphatic heterocycles. The summed E-state index contributed by atoms with van der Waals surface area (Å²) in [5, 5.41) is 6.53. The van der Waals surface area contributed by atoms with Gasteiger partial charge in [0, 0.05) is 20.2 Å². The van der Waals surface area contributed by atoms with Crippen molar-refractivity contribution >= 4 is 5.96 Å². The van der Waals surface area contributed by atoms with Crippen LogP contribution in [0.15, 0.2) is 29.3 Å². The molecule has 1 aromatic carbocycles. The highest BCUT2D eigenvalue weighted by atomic mass is 16.6. The predicted octanol–water partition coefficient (Wildman–Crippen LogP) is 1.81. The molecule has 1 atom stereocenters. The maximum Gasteiger partial charge on any atom is 0.191 e. The highest BCUT2D eigenvalue weighted by Crippen LogP contribution is 2.30. The predicted molar refractivity (Wildman–Crippen MR) is 91.4 cm³/mol. The Labute approximate surface area is 138 Å². The molecule has 0 amide bonds. The largest absolute Gasteiger partial charge is 0.486 e. The summed E-state index contributed by atoms with van der Waals surface area (Å²) in [6.07, 6.45) is 1.18. The fourth-order valence-electron chi connectivity index (χ4n) is 2.19. The number of ether oxygens (including phenoxy) is 3. The van der Waals surface area contributed by atoms with Crippen molar-refractivity contribution in [1.29, 1.82) is 0 Å². The fraction of sp³-hybridized carbons (Fsp3) is 0.588. The van der Waals surface area contributed by atoms with E-state index in [-0.39, 0.29) is 12.2 Å². The first-order valence-corrected chi connectivity index (χ1v) is 8.13. The van der Waals surface area contributed by atoms with E-state index in [1.807, 2.05) is 38.1 Å². The van der Waals surface area contributed by atoms with Gasteiger partial charge in [-0.3, -0.25) is 4.99 Å². The van der Waals surface area contributed by atoms with Crippen LogP contribution < -0.4 is 20.1 Å². The molecule has 0 spiro atoms. The molecule has 0 radical (unpaired) electrons. The van der Waals surface area contributed by atoms with Crippen LogP contribution in [0.25, 0.3) is 0 Å². The van der Waals surface area contributed by atoms with Gasteiger partial charge in [-0.05, 0) is 32.4 Å². The van der Waals surface area contributed by atoms with Gasteiger partial charge in [0.1, 0.15) is 12.7 Å². The number of nitrogens with zero attached hydrogens (tertiary/aromatic N) is 1. The van der Waals surface area contributed by atoms with Gasteiger partial charge in [0.05, 0.1) is 12.6 Å². The molecule has 128 valence electrons. The Hall–Kier alpha value is -1.95. The number of hydrogen-bond donors (Lipinski definition) is 2. The van der Waals surface area contributed by atoms with Crippen molar-refractivity contribution in [1.82, 2.24) is 10.6 Å². The van der Waals surface area contributed by atoms with Crippen LogP contribution in [-0.2, 0) is 4.74 Å². The van der Waals surface area contributed by atoms with Gasteiger partial charge in [0.25, 0.3) is 0 Å². The van der Waals surface area contributed by atoms with Crippen molar-refractivity contribution in [2.45, 2.75) is 32.5 Å². The van der Waals surface area contributed by atoms with E-state index in [4.69, 9.17) is 14.2 Å². The summed E-state index contributed by atoms with van der Waals surface area (Å²) in [6, 6.07) is 7.72. The molecule has 0 aromatic heterocycles. The maximum atomic E-state index is 5.91. The van der Waals surface area contributed by atoms with E-state index in [0.717, 1.165) is 37.0 Å². The normalized spacial score (nSPS) is 17.2. The van der Waals surface area contributed by atoms with E-state index in [1.165, 1.54) is 0 Å². The summed E-state index contributed by atoms with van der Waals surface area (Å²) in [5.41, 5.74) is 0. The molecule has 0 saturated carbocycles. The molecule has 0 aliphatic carbocycles. The second-order valence-electron chi connectivity index (χ2n) is 5.65. The lowest BCUT2D eigenvalue weighted by Gasteiger charge is -2.27. The van der Waals surface area contributed by atoms with Crippen molar-refractivity contribution in [3.63, 3.8) is 0 Å². The standard InChI is InChI=1S/C17H27N3O3/c1-13(2)21-10-6-9-19-17(18-3)20-11-14-12-22-15-7-4-5-8-16(15)23-14/h4-5,7-8,13-14H,6,9-12H2,1-3H3,(H2,18,19,20). The van der Waals surface area contributed by atoms with Crippen molar-refractivity contribution in [3.05, 3.63) is 24.3 Å². The van der Waals surface area contributed by atoms with Gasteiger partial charge < -0.3 is 24.8 Å². The molecule has 6 nitrogen and oxygen atoms in total. The van der Waals surface area contributed by atoms with Crippen LogP contribution in [0.4, 0.5) is 0 Å². The zero-order valence-corrected chi connectivity index (χ0v) is 14.2. The van der Waals surface area contributed by atoms with Crippen LogP contribution in [-0.4, -0.2) is 51.5 Å². The van der Waals surface area contributed by atoms with Crippen LogP contribution >= 0.6 is 0 Å². The molecule has 1 heterocycles. The quantitative estimate of drug-likeness (QED) is 0.455. The molecule has 0 bridgehead atoms. The third kappa shape index (κ3) is 5.98. The topological polar surface area (TPSA) is 64.1 Å². The van der Waals surface area contributed by atoms with Gasteiger partial charge in [0.15, 0.2) is 17.5 Å². The first-order chi connectivity index (χ1) is 11.2. The van der Waals surface area contributed by atoms with Crippen LogP contribution in [0.5, 0.6) is 11.5 Å². The van der Waals surface area contributed by atoms with E-state index >= 15 is 0 Å². The number of benzene rings is 1. The van der Waals surface area contributed by atoms with E-state index in [2.05, 4.69) is 15.6 Å². The van der Waals surface area contributed by atoms with Crippen LogP contribution in [0.2, 0.25) is 0 Å². The van der Waals surface area contributed by atoms with Gasteiger partial charge in [-0.2, -0.15) is 0 Å². The SMILES string of the molecule is CN=C(NCCCOC(C)C)NCC1COc2ccccc2O1. The Bertz CT molecular complexity index is 506. The van der Waals surface area contributed by atoms with E-state index in [9.17, 15) is 0 Å². The zero-order valence-electron chi connectivity index (χ0n) is 14.2. The number of rotatable bonds is 7. The molecular weight excluding hydrogens is 294 g/mol. The number of para-hydroxylation sites is 2. The Morgan fingerprint density at radius 3 is 2.83 bits per heavy atom. The average Bonchev–Trinajstić information content (AvgIpc) is 2.57. The fourth-order valence-corrected chi connectivity index (χ4v) is 2.19. The lowest BCUT2D eigenvalue weighted by atomic mass is 10.2. The number of nitrogens with one attached hydrogen (secondary N) is 2. The zero-order chi connectivity index (χ0) is 16.5. The van der Waals surface area contributed by atoms with Crippen molar-refractivity contribution in [2.24, 2.45) is 4.99 Å². The molecule has 2 rings (SSSR count). The first-order valence-electron chi connectivity index (χ1n) is 8.13. The Morgan fingerprint density at radius 1 is 1.30 bits per heavy atom. The summed E-state index contributed by atoms with van der Waals surface area (Å²) in [6.45, 7) is 6.81. The van der Waals surface area contributed by atoms with E-state index in [0.29, 0.717) is 13.2 Å². The van der Waals surface area contributed by atoms with Crippen LogP contribution in [0.3, 0.4) is 0 Å². The van der Waals surface area contributed by atoms with Crippen molar-refractivity contribution < 1.29 is 14.2 Å². The molecule has 1 unspecified atom stereocenters. The molecular formula is C17H27N3O3. The number of fused-ring (bicyclic) bond motifs is 1. The maximum absolute atomic E-state index is 5.91. The Balaban J connectivity index is 1.66. The monoisotopic (exact) mass is 321 g/mol. The third-order valence-corrected chi connectivity index (χ3v) is 3.35. The molecule has 6 heteroatoms. The van der Waals surface area contributed by atoms with E-state index < -0.39 is 0 Å². The van der Waals surface area contributed by atoms with Crippen LogP contribution in [0.1, 0.15) is 20.3 Å². The van der Waals surface area contributed by atoms with E-state index in [1.54, 1.807) is 7.05 Å². The summed E-state index contributed by atoms with van der Waals surface area (Å²) < 4.78 is 17.1. The van der Waals surface area contributed by atoms with Crippen molar-refractivity contribution in [2.75, 3.05) is 33.4 Å². The minimum absolute atomic E-state index is 0.0345. The molecule has 23 heavy (non-hydrogen) atoms. The second-order valence-corrected chi connectivity index (χ2v) is 5.65. The lowest BCUT2D eigenvalue weighted by molar-refractivity contribution is 0.0776. The summed E-state index contributed by atoms with van der Waals surface area (Å²) in [7, 11) is 1.76. The Kier molecular flexibility index (Phi) is 7.00. The molecule has 1 aliphatic rings. The molecule has 1 aromatic rings. The smallest absolute Gasteiger partial charge is 0.191 e. The summed E-state index contributed by atoms with van der Waals surface area (Å²) in [5.74, 6) is 2.35. The Morgan fingerprint density at radius 2 is 2.09 bits per heavy atom. The minimum atomic E-state index is -0.0345. The second kappa shape index (κ2) is 9.25. The minimum Gasteiger partial charge on any atom is -0.486 e. The summed E-state index contributed by atoms with van der Waals surface area (Å²) >= 11 is 0. The van der Waals surface area contributed by atoms with Gasteiger partial charge in [0.2, 0.25) is 0 Å². The van der Waals surface area contributed by atoms with Gasteiger partial charge in [-0.25, -0.2) is 0 Å². The van der Waals surface area contributed by atoms with Gasteiger partial charge in [-0.1, -0.05) is 12.1 Å². The highest BCUT2D eigenvalue weighted by molar-refractivity contribution is 5.79. The number of guanidine groups is 1. The highest BCUT2D eigenvalue weighted by Gasteiger charge is 2.20. The van der Waals surface area contributed by atoms with Crippen molar-refractivity contribution in [3.8, 4) is 11.5 Å². The molecule has 0 saturated heterocycles. The first kappa shape index (κ1) is 17.4. The third-order valence-electron chi connectivity index (χ3n) is 3.35. The molecule has 2 N–H and O–H groups in total. The lowest BCUT2D eigenvalue weighted by Crippen LogP contribution is -2.45. The number of hydrogen-bond acceptors (Lipinski definition) is 4. The average molecular weight is 321 g/mol. The van der Waals surface area contributed by atoms with Gasteiger partial charge in [-0.15, -0.1) is 0 Å². The number of aliphatic imine (C=N–C) groups is 1. The molecule has 0 fully saturated rings. The summed E-state index contributed by atoms with van der Waals surface area (Å²) in [4.78, 5) is 4.21.